The molecule has 0 saturated heterocycles. The Hall–Kier alpha value is -7.99. The molecule has 0 radical (unpaired) electrons. The summed E-state index contributed by atoms with van der Waals surface area (Å²) in [4.78, 5) is 4.30. The third-order valence-corrected chi connectivity index (χ3v) is 25.1. The first kappa shape index (κ1) is 56.5. The first-order chi connectivity index (χ1) is 40.1. The van der Waals surface area contributed by atoms with Crippen LogP contribution >= 0.6 is 0 Å². The average molecular weight is 1170 g/mol. The second kappa shape index (κ2) is 21.6. The molecule has 0 saturated carbocycles. The number of anilines is 6. The van der Waals surface area contributed by atoms with Gasteiger partial charge in [0.2, 0.25) is 0 Å². The van der Waals surface area contributed by atoms with E-state index in [9.17, 15) is 0 Å². The molecule has 0 spiro atoms. The second-order valence-electron chi connectivity index (χ2n) is 26.8. The van der Waals surface area contributed by atoms with Crippen molar-refractivity contribution in [3.05, 3.63) is 242 Å². The van der Waals surface area contributed by atoms with Crippen LogP contribution in [0.25, 0.3) is 76.8 Å². The van der Waals surface area contributed by atoms with Gasteiger partial charge in [0.25, 0.3) is 0 Å². The van der Waals surface area contributed by atoms with Gasteiger partial charge < -0.3 is 9.80 Å². The maximum Gasteiger partial charge on any atom is 0.155 e. The molecule has 0 N–H and O–H groups in total. The number of hydrogen-bond acceptors (Lipinski definition) is 2. The fourth-order valence-corrected chi connectivity index (χ4v) is 19.4. The molecule has 0 heterocycles. The van der Waals surface area contributed by atoms with Gasteiger partial charge in [-0.3, -0.25) is 0 Å². The van der Waals surface area contributed by atoms with Crippen molar-refractivity contribution >= 4 is 119 Å². The van der Waals surface area contributed by atoms with E-state index in [1.165, 1.54) is 20.7 Å². The molecule has 418 valence electrons. The molecule has 0 aliphatic carbocycles. The molecule has 84 heavy (non-hydrogen) atoms. The van der Waals surface area contributed by atoms with Crippen LogP contribution in [0.2, 0.25) is 78.6 Å². The van der Waals surface area contributed by atoms with E-state index in [0.29, 0.717) is 22.5 Å². The van der Waals surface area contributed by atoms with E-state index in [-0.39, 0.29) is 11.6 Å². The first-order valence-corrected chi connectivity index (χ1v) is 43.6. The molecule has 0 aromatic heterocycles. The van der Waals surface area contributed by atoms with E-state index in [2.05, 4.69) is 282 Å². The average Bonchev–Trinajstić information content (AvgIpc) is 1.07. The topological polar surface area (TPSA) is 6.48 Å². The minimum atomic E-state index is -1.98. The van der Waals surface area contributed by atoms with E-state index >= 15 is 8.78 Å². The van der Waals surface area contributed by atoms with Gasteiger partial charge in [-0.15, -0.1) is 0 Å². The molecule has 12 aromatic carbocycles. The maximum atomic E-state index is 18.9. The SMILES string of the molecule is C[Si](C)(C)c1ccccc1-c1cc(-c2ccccc2[Si](C)(C)C)c(F)c(N(c2ccccc2)c2ccc3ccc4c(N(c5ccccc5)c5cc(-c6ccccc6[Si](C)(C)C)cc(-c6ccccc6[Si](C)(C)C)c5F)ccc5ccc2c3c54)c1. The van der Waals surface area contributed by atoms with Crippen LogP contribution in [0, 0.1) is 11.6 Å². The van der Waals surface area contributed by atoms with E-state index in [1.54, 1.807) is 0 Å². The number of halogens is 2. The Morgan fingerprint density at radius 2 is 0.548 bits per heavy atom. The van der Waals surface area contributed by atoms with Crippen molar-refractivity contribution in [2.45, 2.75) is 78.6 Å². The number of benzene rings is 12. The molecule has 0 aliphatic heterocycles. The van der Waals surface area contributed by atoms with Crippen LogP contribution in [0.3, 0.4) is 0 Å². The molecular formula is C76H74F2N2Si4. The number of rotatable bonds is 14. The summed E-state index contributed by atoms with van der Waals surface area (Å²) >= 11 is 0. The highest BCUT2D eigenvalue weighted by Gasteiger charge is 2.32. The molecular weight excluding hydrogens is 1090 g/mol. The van der Waals surface area contributed by atoms with E-state index in [1.807, 2.05) is 36.4 Å². The lowest BCUT2D eigenvalue weighted by molar-refractivity contribution is 0.632. The van der Waals surface area contributed by atoms with Crippen LogP contribution in [0.15, 0.2) is 231 Å². The smallest absolute Gasteiger partial charge is 0.155 e. The summed E-state index contributed by atoms with van der Waals surface area (Å²) in [7, 11) is -7.75. The van der Waals surface area contributed by atoms with Crippen molar-refractivity contribution in [1.82, 2.24) is 0 Å². The standard InChI is InChI=1S/C76H74F2N2Si4/c1-81(2,3)69-35-23-19-31-57(69)53-47-63(59-33-21-25-37-71(59)83(7,8)9)75(77)67(49-53)79(55-27-15-13-16-28-55)65-45-41-51-40-44-62-66(46-42-52-39-43-61(65)73(51)74(52)62)80(56-29-17-14-18-30-56)68-50-54(58-32-20-24-36-70(58)82(4,5)6)48-64(76(68)78)60-34-22-26-38-72(60)84(10,11)12/h13-50H,1-12H3. The second-order valence-corrected chi connectivity index (χ2v) is 47.0. The lowest BCUT2D eigenvalue weighted by Gasteiger charge is -2.31. The van der Waals surface area contributed by atoms with Crippen molar-refractivity contribution in [3.8, 4) is 44.5 Å². The zero-order chi connectivity index (χ0) is 59.0. The molecule has 0 fully saturated rings. The van der Waals surface area contributed by atoms with Crippen LogP contribution in [0.4, 0.5) is 42.9 Å². The van der Waals surface area contributed by atoms with Gasteiger partial charge in [0.05, 0.1) is 55.0 Å². The molecule has 0 bridgehead atoms. The largest absolute Gasteiger partial charge is 0.307 e. The van der Waals surface area contributed by atoms with Crippen LogP contribution < -0.4 is 30.5 Å². The van der Waals surface area contributed by atoms with Gasteiger partial charge in [0, 0.05) is 33.3 Å². The Morgan fingerprint density at radius 3 is 0.881 bits per heavy atom. The van der Waals surface area contributed by atoms with E-state index in [0.717, 1.165) is 88.4 Å². The fourth-order valence-electron chi connectivity index (χ4n) is 12.9. The monoisotopic (exact) mass is 1160 g/mol. The highest BCUT2D eigenvalue weighted by molar-refractivity contribution is 6.91. The van der Waals surface area contributed by atoms with Crippen molar-refractivity contribution in [2.24, 2.45) is 0 Å². The Morgan fingerprint density at radius 1 is 0.262 bits per heavy atom. The highest BCUT2D eigenvalue weighted by atomic mass is 28.3. The Bertz CT molecular complexity index is 4170. The van der Waals surface area contributed by atoms with Crippen molar-refractivity contribution in [1.29, 1.82) is 0 Å². The van der Waals surface area contributed by atoms with Crippen LogP contribution in [0.5, 0.6) is 0 Å². The molecule has 0 atom stereocenters. The van der Waals surface area contributed by atoms with E-state index in [4.69, 9.17) is 0 Å². The van der Waals surface area contributed by atoms with Gasteiger partial charge in [-0.05, 0) is 116 Å². The molecule has 12 aromatic rings. The van der Waals surface area contributed by atoms with E-state index < -0.39 is 32.3 Å². The van der Waals surface area contributed by atoms with Crippen molar-refractivity contribution < 1.29 is 8.78 Å². The summed E-state index contributed by atoms with van der Waals surface area (Å²) < 4.78 is 37.7. The predicted octanol–water partition coefficient (Wildman–Crippen LogP) is 20.7. The minimum Gasteiger partial charge on any atom is -0.307 e. The number of para-hydroxylation sites is 2. The van der Waals surface area contributed by atoms with Gasteiger partial charge in [-0.25, -0.2) is 8.78 Å². The van der Waals surface area contributed by atoms with Crippen molar-refractivity contribution in [2.75, 3.05) is 9.80 Å². The lowest BCUT2D eigenvalue weighted by atomic mass is 9.91. The van der Waals surface area contributed by atoms with Crippen molar-refractivity contribution in [3.63, 3.8) is 0 Å². The highest BCUT2D eigenvalue weighted by Crippen LogP contribution is 2.50. The summed E-state index contributed by atoms with van der Waals surface area (Å²) in [6.07, 6.45) is 0. The molecule has 0 unspecified atom stereocenters. The van der Waals surface area contributed by atoms with Gasteiger partial charge >= 0.3 is 0 Å². The maximum absolute atomic E-state index is 18.9. The quantitative estimate of drug-likeness (QED) is 0.0791. The Labute approximate surface area is 500 Å². The minimum absolute atomic E-state index is 0.270. The number of nitrogens with zero attached hydrogens (tertiary/aromatic N) is 2. The zero-order valence-electron chi connectivity index (χ0n) is 50.6. The summed E-state index contributed by atoms with van der Waals surface area (Å²) in [6, 6.07) is 81.0. The van der Waals surface area contributed by atoms with Gasteiger partial charge in [-0.1, -0.05) is 269 Å². The molecule has 2 nitrogen and oxygen atoms in total. The Balaban J connectivity index is 1.14. The predicted molar refractivity (Wildman–Crippen MR) is 373 cm³/mol. The van der Waals surface area contributed by atoms with Crippen LogP contribution in [-0.4, -0.2) is 32.3 Å². The van der Waals surface area contributed by atoms with Gasteiger partial charge in [-0.2, -0.15) is 0 Å². The zero-order valence-corrected chi connectivity index (χ0v) is 54.6. The third kappa shape index (κ3) is 10.3. The Kier molecular flexibility index (Phi) is 14.5. The lowest BCUT2D eigenvalue weighted by Crippen LogP contribution is -2.39. The van der Waals surface area contributed by atoms with Crippen LogP contribution in [-0.2, 0) is 0 Å². The van der Waals surface area contributed by atoms with Crippen LogP contribution in [0.1, 0.15) is 0 Å². The summed E-state index contributed by atoms with van der Waals surface area (Å²) in [5, 5.41) is 11.3. The van der Waals surface area contributed by atoms with Gasteiger partial charge in [0.1, 0.15) is 0 Å². The molecule has 12 rings (SSSR count). The molecule has 8 heteroatoms. The fraction of sp³-hybridized carbons (Fsp3) is 0.158. The third-order valence-electron chi connectivity index (χ3n) is 16.9. The van der Waals surface area contributed by atoms with Gasteiger partial charge in [0.15, 0.2) is 11.6 Å². The summed E-state index contributed by atoms with van der Waals surface area (Å²) in [5.74, 6) is -0.539. The normalized spacial score (nSPS) is 12.4. The summed E-state index contributed by atoms with van der Waals surface area (Å²) in [6.45, 7) is 28.4. The molecule has 0 amide bonds. The molecule has 0 aliphatic rings. The summed E-state index contributed by atoms with van der Waals surface area (Å²) in [5.41, 5.74) is 11.7. The first-order valence-electron chi connectivity index (χ1n) is 29.6. The number of hydrogen-bond donors (Lipinski definition) is 0.